The van der Waals surface area contributed by atoms with Gasteiger partial charge in [0.15, 0.2) is 23.1 Å². The van der Waals surface area contributed by atoms with E-state index in [0.717, 1.165) is 44.5 Å². The lowest BCUT2D eigenvalue weighted by Gasteiger charge is -2.16. The Balaban J connectivity index is 0.970. The SMILES string of the molecule is C[Si](C)(C)c1ccc(-c2nc(-c3ccc(-c4nc5ccccc5o4)cc3)nc(-c3cccc(-c4ccc(-c5cccc6c7ccccc7c7ccccc7c56)cc4)c3)n2)cc1. The highest BCUT2D eigenvalue weighted by Crippen LogP contribution is 2.41. The monoisotopic (exact) mass is 800 g/mol. The minimum absolute atomic E-state index is 0.580. The van der Waals surface area contributed by atoms with Gasteiger partial charge in [-0.1, -0.05) is 183 Å². The van der Waals surface area contributed by atoms with Crippen molar-refractivity contribution in [2.24, 2.45) is 0 Å². The zero-order valence-corrected chi connectivity index (χ0v) is 35.1. The third-order valence-corrected chi connectivity index (χ3v) is 13.8. The van der Waals surface area contributed by atoms with Gasteiger partial charge in [-0.25, -0.2) is 19.9 Å². The average Bonchev–Trinajstić information content (AvgIpc) is 3.76. The molecule has 0 aliphatic heterocycles. The van der Waals surface area contributed by atoms with Gasteiger partial charge in [-0.2, -0.15) is 0 Å². The molecule has 2 heterocycles. The number of benzene rings is 9. The molecule has 0 saturated carbocycles. The Labute approximate surface area is 355 Å². The van der Waals surface area contributed by atoms with Crippen LogP contribution in [0.5, 0.6) is 0 Å². The number of rotatable bonds is 7. The molecule has 6 heteroatoms. The summed E-state index contributed by atoms with van der Waals surface area (Å²) >= 11 is 0. The minimum atomic E-state index is -1.49. The van der Waals surface area contributed by atoms with Crippen molar-refractivity contribution in [3.63, 3.8) is 0 Å². The quantitative estimate of drug-likeness (QED) is 0.119. The molecular formula is C55H40N4OSi. The summed E-state index contributed by atoms with van der Waals surface area (Å²) < 4.78 is 6.06. The summed E-state index contributed by atoms with van der Waals surface area (Å²) in [5.41, 5.74) is 9.85. The molecule has 0 saturated heterocycles. The van der Waals surface area contributed by atoms with Gasteiger partial charge in [0, 0.05) is 22.3 Å². The Bertz CT molecular complexity index is 3360. The van der Waals surface area contributed by atoms with E-state index >= 15 is 0 Å². The molecule has 0 spiro atoms. The van der Waals surface area contributed by atoms with Crippen molar-refractivity contribution in [2.75, 3.05) is 0 Å². The molecule has 290 valence electrons. The van der Waals surface area contributed by atoms with E-state index in [1.54, 1.807) is 0 Å². The van der Waals surface area contributed by atoms with Crippen molar-refractivity contribution in [1.82, 2.24) is 19.9 Å². The molecule has 0 N–H and O–H groups in total. The molecule has 11 rings (SSSR count). The summed E-state index contributed by atoms with van der Waals surface area (Å²) in [6, 6.07) is 66.3. The van der Waals surface area contributed by atoms with Crippen molar-refractivity contribution in [1.29, 1.82) is 0 Å². The normalized spacial score (nSPS) is 11.9. The Morgan fingerprint density at radius 3 is 1.48 bits per heavy atom. The Morgan fingerprint density at radius 1 is 0.361 bits per heavy atom. The first-order valence-corrected chi connectivity index (χ1v) is 24.2. The summed E-state index contributed by atoms with van der Waals surface area (Å²) in [6.45, 7) is 7.08. The van der Waals surface area contributed by atoms with Crippen molar-refractivity contribution >= 4 is 56.7 Å². The highest BCUT2D eigenvalue weighted by Gasteiger charge is 2.19. The van der Waals surface area contributed by atoms with Crippen LogP contribution in [0, 0.1) is 0 Å². The van der Waals surface area contributed by atoms with Crippen LogP contribution in [-0.2, 0) is 0 Å². The van der Waals surface area contributed by atoms with E-state index in [1.165, 1.54) is 48.6 Å². The fourth-order valence-electron chi connectivity index (χ4n) is 8.52. The van der Waals surface area contributed by atoms with E-state index in [1.807, 2.05) is 48.5 Å². The van der Waals surface area contributed by atoms with Crippen molar-refractivity contribution in [3.05, 3.63) is 188 Å². The van der Waals surface area contributed by atoms with Crippen LogP contribution in [0.3, 0.4) is 0 Å². The van der Waals surface area contributed by atoms with Gasteiger partial charge in [0.25, 0.3) is 0 Å². The Hall–Kier alpha value is -7.54. The zero-order chi connectivity index (χ0) is 41.1. The van der Waals surface area contributed by atoms with Crippen LogP contribution >= 0.6 is 0 Å². The smallest absolute Gasteiger partial charge is 0.227 e. The van der Waals surface area contributed by atoms with E-state index in [2.05, 4.69) is 159 Å². The lowest BCUT2D eigenvalue weighted by atomic mass is 9.89. The maximum absolute atomic E-state index is 6.06. The third kappa shape index (κ3) is 6.67. The van der Waals surface area contributed by atoms with Gasteiger partial charge in [-0.05, 0) is 84.9 Å². The second-order valence-electron chi connectivity index (χ2n) is 16.7. The van der Waals surface area contributed by atoms with Crippen LogP contribution in [0.2, 0.25) is 19.6 Å². The second-order valence-corrected chi connectivity index (χ2v) is 21.8. The molecular weight excluding hydrogens is 761 g/mol. The van der Waals surface area contributed by atoms with Crippen LogP contribution in [0.25, 0.3) is 111 Å². The van der Waals surface area contributed by atoms with Gasteiger partial charge in [-0.15, -0.1) is 0 Å². The molecule has 0 unspecified atom stereocenters. The van der Waals surface area contributed by atoms with Crippen molar-refractivity contribution in [2.45, 2.75) is 19.6 Å². The van der Waals surface area contributed by atoms with Crippen molar-refractivity contribution in [3.8, 4) is 67.9 Å². The van der Waals surface area contributed by atoms with Crippen LogP contribution in [-0.4, -0.2) is 28.0 Å². The number of para-hydroxylation sites is 2. The average molecular weight is 801 g/mol. The fourth-order valence-corrected chi connectivity index (χ4v) is 9.68. The van der Waals surface area contributed by atoms with E-state index in [0.29, 0.717) is 23.4 Å². The molecule has 0 aliphatic rings. The first-order chi connectivity index (χ1) is 29.8. The fraction of sp³-hybridized carbons (Fsp3) is 0.0545. The molecule has 2 aromatic heterocycles. The molecule has 0 bridgehead atoms. The first kappa shape index (κ1) is 36.5. The van der Waals surface area contributed by atoms with Crippen LogP contribution in [0.15, 0.2) is 192 Å². The number of hydrogen-bond acceptors (Lipinski definition) is 5. The topological polar surface area (TPSA) is 64.7 Å². The number of oxazole rings is 1. The summed E-state index contributed by atoms with van der Waals surface area (Å²) in [6.07, 6.45) is 0. The van der Waals surface area contributed by atoms with E-state index in [9.17, 15) is 0 Å². The highest BCUT2D eigenvalue weighted by atomic mass is 28.3. The predicted octanol–water partition coefficient (Wildman–Crippen LogP) is 14.0. The molecule has 0 radical (unpaired) electrons. The number of fused-ring (bicyclic) bond motifs is 7. The van der Waals surface area contributed by atoms with E-state index < -0.39 is 8.07 Å². The number of nitrogens with zero attached hydrogens (tertiary/aromatic N) is 4. The van der Waals surface area contributed by atoms with Crippen LogP contribution in [0.4, 0.5) is 0 Å². The maximum Gasteiger partial charge on any atom is 0.227 e. The summed E-state index contributed by atoms with van der Waals surface area (Å²) in [4.78, 5) is 20.0. The number of aromatic nitrogens is 4. The van der Waals surface area contributed by atoms with Crippen molar-refractivity contribution < 1.29 is 4.42 Å². The predicted molar refractivity (Wildman–Crippen MR) is 256 cm³/mol. The number of hydrogen-bond donors (Lipinski definition) is 0. The van der Waals surface area contributed by atoms with Crippen LogP contribution in [0.1, 0.15) is 0 Å². The van der Waals surface area contributed by atoms with Gasteiger partial charge in [0.05, 0.1) is 8.07 Å². The molecule has 5 nitrogen and oxygen atoms in total. The van der Waals surface area contributed by atoms with Gasteiger partial charge >= 0.3 is 0 Å². The lowest BCUT2D eigenvalue weighted by molar-refractivity contribution is 0.620. The molecule has 0 fully saturated rings. The first-order valence-electron chi connectivity index (χ1n) is 20.7. The molecule has 11 aromatic rings. The van der Waals surface area contributed by atoms with Gasteiger partial charge < -0.3 is 4.42 Å². The lowest BCUT2D eigenvalue weighted by Crippen LogP contribution is -2.37. The molecule has 61 heavy (non-hydrogen) atoms. The van der Waals surface area contributed by atoms with Gasteiger partial charge in [0.1, 0.15) is 5.52 Å². The van der Waals surface area contributed by atoms with Crippen LogP contribution < -0.4 is 5.19 Å². The standard InChI is InChI=1S/C55H40N4OSi/c1-61(2,3)42-32-30-38(31-33-42)53-57-52(37-26-28-39(29-27-37)55-56-49-20-8-9-21-50(49)60-55)58-54(59-53)41-13-10-12-40(34-41)35-22-24-36(25-23-35)43-18-11-19-48-46-15-5-4-14-44(46)45-16-6-7-17-47(45)51(43)48/h4-34H,1-3H3. The third-order valence-electron chi connectivity index (χ3n) is 11.7. The molecule has 0 aliphatic carbocycles. The van der Waals surface area contributed by atoms with E-state index in [-0.39, 0.29) is 0 Å². The largest absolute Gasteiger partial charge is 0.436 e. The molecule has 0 atom stereocenters. The van der Waals surface area contributed by atoms with E-state index in [4.69, 9.17) is 24.4 Å². The second kappa shape index (κ2) is 14.6. The van der Waals surface area contributed by atoms with Gasteiger partial charge in [-0.3, -0.25) is 0 Å². The minimum Gasteiger partial charge on any atom is -0.436 e. The molecule has 0 amide bonds. The highest BCUT2D eigenvalue weighted by molar-refractivity contribution is 6.88. The van der Waals surface area contributed by atoms with Gasteiger partial charge in [0.2, 0.25) is 5.89 Å². The maximum atomic E-state index is 6.06. The summed E-state index contributed by atoms with van der Waals surface area (Å²) in [5, 5.41) is 9.04. The molecule has 9 aromatic carbocycles. The Kier molecular flexibility index (Phi) is 8.76. The Morgan fingerprint density at radius 2 is 0.836 bits per heavy atom. The summed E-state index contributed by atoms with van der Waals surface area (Å²) in [5.74, 6) is 2.43. The zero-order valence-electron chi connectivity index (χ0n) is 34.1. The summed E-state index contributed by atoms with van der Waals surface area (Å²) in [7, 11) is -1.49.